The first-order valence-corrected chi connectivity index (χ1v) is 7.54. The van der Waals surface area contributed by atoms with Gasteiger partial charge in [-0.15, -0.1) is 0 Å². The minimum atomic E-state index is -4.02. The molecule has 1 N–H and O–H groups in total. The molecule has 0 radical (unpaired) electrons. The van der Waals surface area contributed by atoms with Crippen LogP contribution < -0.4 is 4.72 Å². The molecule has 1 saturated carbocycles. The van der Waals surface area contributed by atoms with Gasteiger partial charge in [-0.3, -0.25) is 0 Å². The van der Waals surface area contributed by atoms with Crippen LogP contribution in [0.3, 0.4) is 0 Å². The average Bonchev–Trinajstić information content (AvgIpc) is 3.01. The molecule has 1 aliphatic rings. The van der Waals surface area contributed by atoms with Gasteiger partial charge in [0.25, 0.3) is 0 Å². The number of benzene rings is 1. The number of nitrogens with one attached hydrogen (secondary N) is 1. The van der Waals surface area contributed by atoms with Crippen LogP contribution in [0.1, 0.15) is 12.8 Å². The van der Waals surface area contributed by atoms with Gasteiger partial charge < -0.3 is 0 Å². The third-order valence-corrected chi connectivity index (χ3v) is 5.31. The highest BCUT2D eigenvalue weighted by Crippen LogP contribution is 2.38. The lowest BCUT2D eigenvalue weighted by molar-refractivity contribution is 0.534. The van der Waals surface area contributed by atoms with Gasteiger partial charge in [-0.25, -0.2) is 21.9 Å². The molecule has 0 spiro atoms. The summed E-state index contributed by atoms with van der Waals surface area (Å²) in [6.07, 6.45) is 1.38. The fraction of sp³-hybridized carbons (Fsp3) is 0.400. The zero-order valence-electron chi connectivity index (χ0n) is 8.71. The predicted molar refractivity (Wildman–Crippen MR) is 62.4 cm³/mol. The van der Waals surface area contributed by atoms with Crippen LogP contribution in [0.5, 0.6) is 0 Å². The first-order chi connectivity index (χ1) is 7.88. The van der Waals surface area contributed by atoms with Crippen molar-refractivity contribution in [3.05, 3.63) is 29.8 Å². The van der Waals surface area contributed by atoms with Crippen LogP contribution >= 0.6 is 15.9 Å². The molecular weight excluding hydrogens is 316 g/mol. The van der Waals surface area contributed by atoms with Crippen molar-refractivity contribution in [1.29, 1.82) is 0 Å². The first kappa shape index (κ1) is 12.9. The quantitative estimate of drug-likeness (QED) is 0.862. The highest BCUT2D eigenvalue weighted by molar-refractivity contribution is 9.09. The lowest BCUT2D eigenvalue weighted by atomic mass is 10.3. The molecule has 1 aliphatic carbocycles. The summed E-state index contributed by atoms with van der Waals surface area (Å²) in [5.41, 5.74) is -0.544. The Morgan fingerprint density at radius 3 is 2.53 bits per heavy atom. The summed E-state index contributed by atoms with van der Waals surface area (Å²) in [5, 5.41) is 0.455. The molecule has 0 aliphatic heterocycles. The number of hydrogen-bond acceptors (Lipinski definition) is 2. The van der Waals surface area contributed by atoms with Crippen molar-refractivity contribution in [3.8, 4) is 0 Å². The van der Waals surface area contributed by atoms with Crippen LogP contribution in [0, 0.1) is 11.6 Å². The Morgan fingerprint density at radius 2 is 2.00 bits per heavy atom. The summed E-state index contributed by atoms with van der Waals surface area (Å²) in [6.45, 7) is 0. The number of alkyl halides is 1. The second kappa shape index (κ2) is 4.29. The van der Waals surface area contributed by atoms with Gasteiger partial charge in [0.1, 0.15) is 16.5 Å². The second-order valence-electron chi connectivity index (χ2n) is 4.09. The van der Waals surface area contributed by atoms with Crippen LogP contribution in [-0.4, -0.2) is 19.3 Å². The van der Waals surface area contributed by atoms with Crippen molar-refractivity contribution in [3.63, 3.8) is 0 Å². The summed E-state index contributed by atoms with van der Waals surface area (Å²) in [4.78, 5) is -0.648. The number of halogens is 3. The van der Waals surface area contributed by atoms with Crippen LogP contribution in [0.2, 0.25) is 0 Å². The van der Waals surface area contributed by atoms with Crippen LogP contribution in [0.25, 0.3) is 0 Å². The SMILES string of the molecule is O=S(=O)(NC1(CBr)CC1)c1cc(F)ccc1F. The van der Waals surface area contributed by atoms with Crippen molar-refractivity contribution < 1.29 is 17.2 Å². The van der Waals surface area contributed by atoms with Crippen molar-refractivity contribution in [2.75, 3.05) is 5.33 Å². The Kier molecular flexibility index (Phi) is 3.26. The van der Waals surface area contributed by atoms with E-state index >= 15 is 0 Å². The topological polar surface area (TPSA) is 46.2 Å². The van der Waals surface area contributed by atoms with Gasteiger partial charge >= 0.3 is 0 Å². The van der Waals surface area contributed by atoms with Gasteiger partial charge in [-0.05, 0) is 31.0 Å². The lowest BCUT2D eigenvalue weighted by Crippen LogP contribution is -2.38. The zero-order valence-corrected chi connectivity index (χ0v) is 11.1. The van der Waals surface area contributed by atoms with E-state index < -0.39 is 32.1 Å². The lowest BCUT2D eigenvalue weighted by Gasteiger charge is -2.14. The maximum Gasteiger partial charge on any atom is 0.244 e. The summed E-state index contributed by atoms with van der Waals surface area (Å²) < 4.78 is 52.5. The third kappa shape index (κ3) is 2.66. The Bertz CT molecular complexity index is 543. The fourth-order valence-corrected chi connectivity index (χ4v) is 3.87. The molecule has 0 heterocycles. The van der Waals surface area contributed by atoms with Gasteiger partial charge in [-0.2, -0.15) is 0 Å². The molecule has 94 valence electrons. The number of rotatable bonds is 4. The molecule has 0 bridgehead atoms. The Labute approximate surface area is 106 Å². The molecule has 1 aromatic rings. The Balaban J connectivity index is 2.35. The summed E-state index contributed by atoms with van der Waals surface area (Å²) in [5.74, 6) is -1.74. The maximum absolute atomic E-state index is 13.4. The van der Waals surface area contributed by atoms with Gasteiger partial charge in [0, 0.05) is 10.9 Å². The normalized spacial score (nSPS) is 18.1. The standard InChI is InChI=1S/C10H10BrF2NO2S/c11-6-10(3-4-10)14-17(15,16)9-5-7(12)1-2-8(9)13/h1-2,5,14H,3-4,6H2. The van der Waals surface area contributed by atoms with E-state index in [2.05, 4.69) is 20.7 Å². The molecule has 17 heavy (non-hydrogen) atoms. The van der Waals surface area contributed by atoms with E-state index in [1.165, 1.54) is 0 Å². The van der Waals surface area contributed by atoms with Crippen molar-refractivity contribution in [2.24, 2.45) is 0 Å². The van der Waals surface area contributed by atoms with E-state index in [9.17, 15) is 17.2 Å². The molecule has 0 unspecified atom stereocenters. The minimum absolute atomic E-state index is 0.455. The second-order valence-corrected chi connectivity index (χ2v) is 6.31. The zero-order chi connectivity index (χ0) is 12.7. The van der Waals surface area contributed by atoms with Crippen molar-refractivity contribution in [2.45, 2.75) is 23.3 Å². The van der Waals surface area contributed by atoms with Crippen molar-refractivity contribution >= 4 is 26.0 Å². The molecule has 0 atom stereocenters. The van der Waals surface area contributed by atoms with E-state index in [1.807, 2.05) is 0 Å². The van der Waals surface area contributed by atoms with Gasteiger partial charge in [0.05, 0.1) is 0 Å². The largest absolute Gasteiger partial charge is 0.244 e. The first-order valence-electron chi connectivity index (χ1n) is 4.94. The van der Waals surface area contributed by atoms with E-state index in [0.29, 0.717) is 24.2 Å². The highest BCUT2D eigenvalue weighted by Gasteiger charge is 2.45. The highest BCUT2D eigenvalue weighted by atomic mass is 79.9. The number of hydrogen-bond donors (Lipinski definition) is 1. The molecular formula is C10H10BrF2NO2S. The minimum Gasteiger partial charge on any atom is -0.207 e. The number of sulfonamides is 1. The maximum atomic E-state index is 13.4. The van der Waals surface area contributed by atoms with E-state index in [1.54, 1.807) is 0 Å². The average molecular weight is 326 g/mol. The third-order valence-electron chi connectivity index (χ3n) is 2.64. The molecule has 2 rings (SSSR count). The van der Waals surface area contributed by atoms with Gasteiger partial charge in [0.15, 0.2) is 0 Å². The van der Waals surface area contributed by atoms with Gasteiger partial charge in [-0.1, -0.05) is 15.9 Å². The summed E-state index contributed by atoms with van der Waals surface area (Å²) in [7, 11) is -4.02. The Morgan fingerprint density at radius 1 is 1.35 bits per heavy atom. The van der Waals surface area contributed by atoms with Crippen LogP contribution in [0.15, 0.2) is 23.1 Å². The van der Waals surface area contributed by atoms with Crippen LogP contribution in [0.4, 0.5) is 8.78 Å². The molecule has 0 aromatic heterocycles. The van der Waals surface area contributed by atoms with Crippen molar-refractivity contribution in [1.82, 2.24) is 4.72 Å². The van der Waals surface area contributed by atoms with Gasteiger partial charge in [0.2, 0.25) is 10.0 Å². The molecule has 0 amide bonds. The molecule has 7 heteroatoms. The molecule has 1 aromatic carbocycles. The molecule has 3 nitrogen and oxygen atoms in total. The van der Waals surface area contributed by atoms with E-state index in [0.717, 1.165) is 12.1 Å². The van der Waals surface area contributed by atoms with E-state index in [-0.39, 0.29) is 0 Å². The smallest absolute Gasteiger partial charge is 0.207 e. The molecule has 1 fully saturated rings. The van der Waals surface area contributed by atoms with E-state index in [4.69, 9.17) is 0 Å². The monoisotopic (exact) mass is 325 g/mol. The summed E-state index contributed by atoms with van der Waals surface area (Å²) >= 11 is 3.20. The Hall–Kier alpha value is -0.530. The van der Waals surface area contributed by atoms with Crippen LogP contribution in [-0.2, 0) is 10.0 Å². The summed E-state index contributed by atoms with van der Waals surface area (Å²) in [6, 6.07) is 2.37. The fourth-order valence-electron chi connectivity index (χ4n) is 1.44. The predicted octanol–water partition coefficient (Wildman–Crippen LogP) is 2.17. The molecule has 0 saturated heterocycles.